The molecule has 0 aromatic carbocycles. The molecule has 6 heteroatoms. The van der Waals surface area contributed by atoms with Gasteiger partial charge in [0.15, 0.2) is 5.82 Å². The molecular formula is C13H17ClN2O3. The average Bonchev–Trinajstić information content (AvgIpc) is 2.46. The van der Waals surface area contributed by atoms with E-state index < -0.39 is 6.10 Å². The lowest BCUT2D eigenvalue weighted by atomic mass is 9.79. The molecule has 1 heterocycles. The molecule has 0 radical (unpaired) electrons. The Balaban J connectivity index is 1.94. The van der Waals surface area contributed by atoms with E-state index in [1.807, 2.05) is 0 Å². The van der Waals surface area contributed by atoms with Crippen LogP contribution in [0.4, 0.5) is 0 Å². The first-order valence-electron chi connectivity index (χ1n) is 6.35. The van der Waals surface area contributed by atoms with Crippen molar-refractivity contribution >= 4 is 17.6 Å². The summed E-state index contributed by atoms with van der Waals surface area (Å²) in [4.78, 5) is 19.5. The lowest BCUT2D eigenvalue weighted by molar-refractivity contribution is -0.147. The molecule has 1 aliphatic carbocycles. The molecule has 1 unspecified atom stereocenters. The maximum absolute atomic E-state index is 11.4. The Kier molecular flexibility index (Phi) is 4.71. The third-order valence-corrected chi connectivity index (χ3v) is 3.85. The highest BCUT2D eigenvalue weighted by molar-refractivity contribution is 6.30. The van der Waals surface area contributed by atoms with Crippen LogP contribution in [0, 0.1) is 11.8 Å². The first kappa shape index (κ1) is 14.2. The van der Waals surface area contributed by atoms with Crippen molar-refractivity contribution in [3.8, 4) is 0 Å². The number of hydrogen-bond donors (Lipinski definition) is 1. The number of rotatable bonds is 3. The van der Waals surface area contributed by atoms with Crippen LogP contribution in [0.1, 0.15) is 37.6 Å². The van der Waals surface area contributed by atoms with Gasteiger partial charge in [-0.1, -0.05) is 11.6 Å². The van der Waals surface area contributed by atoms with E-state index in [2.05, 4.69) is 9.97 Å². The number of carbonyl (C=O) groups is 1. The van der Waals surface area contributed by atoms with Crippen LogP contribution in [0.2, 0.25) is 5.02 Å². The minimum Gasteiger partial charge on any atom is -0.469 e. The van der Waals surface area contributed by atoms with Gasteiger partial charge in [-0.2, -0.15) is 0 Å². The Morgan fingerprint density at radius 1 is 1.37 bits per heavy atom. The zero-order valence-corrected chi connectivity index (χ0v) is 11.5. The summed E-state index contributed by atoms with van der Waals surface area (Å²) in [5.41, 5.74) is 0. The van der Waals surface area contributed by atoms with E-state index in [9.17, 15) is 9.90 Å². The van der Waals surface area contributed by atoms with Crippen LogP contribution >= 0.6 is 11.6 Å². The molecule has 1 atom stereocenters. The van der Waals surface area contributed by atoms with Crippen LogP contribution in [0.25, 0.3) is 0 Å². The highest BCUT2D eigenvalue weighted by Crippen LogP contribution is 2.36. The van der Waals surface area contributed by atoms with Crippen LogP contribution < -0.4 is 0 Å². The van der Waals surface area contributed by atoms with Gasteiger partial charge in [0.05, 0.1) is 18.1 Å². The Hall–Kier alpha value is -1.20. The Labute approximate surface area is 117 Å². The van der Waals surface area contributed by atoms with Crippen LogP contribution in [0.5, 0.6) is 0 Å². The summed E-state index contributed by atoms with van der Waals surface area (Å²) in [7, 11) is 1.41. The zero-order chi connectivity index (χ0) is 13.8. The van der Waals surface area contributed by atoms with Crippen molar-refractivity contribution in [1.29, 1.82) is 0 Å². The van der Waals surface area contributed by atoms with Crippen molar-refractivity contribution < 1.29 is 14.6 Å². The van der Waals surface area contributed by atoms with Crippen molar-refractivity contribution in [2.24, 2.45) is 11.8 Å². The fourth-order valence-electron chi connectivity index (χ4n) is 2.52. The quantitative estimate of drug-likeness (QED) is 0.861. The maximum Gasteiger partial charge on any atom is 0.308 e. The normalized spacial score (nSPS) is 24.8. The molecule has 2 rings (SSSR count). The number of aromatic nitrogens is 2. The highest BCUT2D eigenvalue weighted by Gasteiger charge is 2.32. The van der Waals surface area contributed by atoms with Crippen molar-refractivity contribution in [2.45, 2.75) is 31.8 Å². The number of ether oxygens (including phenoxy) is 1. The molecule has 1 aromatic heterocycles. The summed E-state index contributed by atoms with van der Waals surface area (Å²) in [5.74, 6) is 0.281. The molecule has 0 saturated heterocycles. The fraction of sp³-hybridized carbons (Fsp3) is 0.615. The number of hydrogen-bond acceptors (Lipinski definition) is 5. The predicted octanol–water partition coefficient (Wildman–Crippen LogP) is 2.14. The molecule has 0 bridgehead atoms. The van der Waals surface area contributed by atoms with Gasteiger partial charge in [0.25, 0.3) is 0 Å². The standard InChI is InChI=1S/C13H17ClN2O3/c1-19-13(18)9-4-2-8(3-5-9)11(17)12-15-6-10(14)7-16-12/h6-9,11,17H,2-5H2,1H3. The molecule has 19 heavy (non-hydrogen) atoms. The minimum absolute atomic E-state index is 0.0420. The zero-order valence-electron chi connectivity index (χ0n) is 10.8. The van der Waals surface area contributed by atoms with Crippen LogP contribution in [0.15, 0.2) is 12.4 Å². The van der Waals surface area contributed by atoms with E-state index in [4.69, 9.17) is 16.3 Å². The maximum atomic E-state index is 11.4. The monoisotopic (exact) mass is 284 g/mol. The molecule has 5 nitrogen and oxygen atoms in total. The van der Waals surface area contributed by atoms with Crippen LogP contribution in [-0.2, 0) is 9.53 Å². The highest BCUT2D eigenvalue weighted by atomic mass is 35.5. The van der Waals surface area contributed by atoms with E-state index >= 15 is 0 Å². The first-order chi connectivity index (χ1) is 9.11. The summed E-state index contributed by atoms with van der Waals surface area (Å²) < 4.78 is 4.74. The summed E-state index contributed by atoms with van der Waals surface area (Å²) >= 11 is 5.71. The number of nitrogens with zero attached hydrogens (tertiary/aromatic N) is 2. The topological polar surface area (TPSA) is 72.3 Å². The van der Waals surface area contributed by atoms with E-state index in [1.54, 1.807) is 0 Å². The molecular weight excluding hydrogens is 268 g/mol. The van der Waals surface area contributed by atoms with Gasteiger partial charge in [-0.15, -0.1) is 0 Å². The summed E-state index contributed by atoms with van der Waals surface area (Å²) in [6, 6.07) is 0. The van der Waals surface area contributed by atoms with Gasteiger partial charge in [-0.05, 0) is 31.6 Å². The molecule has 0 amide bonds. The number of aliphatic hydroxyl groups is 1. The SMILES string of the molecule is COC(=O)C1CCC(C(O)c2ncc(Cl)cn2)CC1. The molecule has 104 valence electrons. The van der Waals surface area contributed by atoms with Crippen LogP contribution in [-0.4, -0.2) is 28.2 Å². The molecule has 1 aliphatic rings. The van der Waals surface area contributed by atoms with E-state index in [0.29, 0.717) is 10.8 Å². The molecule has 0 aliphatic heterocycles. The second kappa shape index (κ2) is 6.30. The Bertz CT molecular complexity index is 430. The number of esters is 1. The van der Waals surface area contributed by atoms with E-state index in [-0.39, 0.29) is 17.8 Å². The van der Waals surface area contributed by atoms with Gasteiger partial charge in [-0.3, -0.25) is 4.79 Å². The average molecular weight is 285 g/mol. The third-order valence-electron chi connectivity index (χ3n) is 3.66. The second-order valence-electron chi connectivity index (χ2n) is 4.84. The predicted molar refractivity (Wildman–Crippen MR) is 69.5 cm³/mol. The van der Waals surface area contributed by atoms with Gasteiger partial charge in [0.2, 0.25) is 0 Å². The Morgan fingerprint density at radius 2 is 1.95 bits per heavy atom. The van der Waals surface area contributed by atoms with E-state index in [0.717, 1.165) is 25.7 Å². The third kappa shape index (κ3) is 3.42. The number of halogens is 1. The lowest BCUT2D eigenvalue weighted by Crippen LogP contribution is -2.26. The lowest BCUT2D eigenvalue weighted by Gasteiger charge is -2.29. The fourth-order valence-corrected chi connectivity index (χ4v) is 2.62. The second-order valence-corrected chi connectivity index (χ2v) is 5.28. The largest absolute Gasteiger partial charge is 0.469 e. The molecule has 1 saturated carbocycles. The summed E-state index contributed by atoms with van der Waals surface area (Å²) in [6.07, 6.45) is 5.28. The first-order valence-corrected chi connectivity index (χ1v) is 6.73. The number of carbonyl (C=O) groups excluding carboxylic acids is 1. The molecule has 0 spiro atoms. The van der Waals surface area contributed by atoms with Gasteiger partial charge < -0.3 is 9.84 Å². The smallest absolute Gasteiger partial charge is 0.308 e. The van der Waals surface area contributed by atoms with Gasteiger partial charge in [0.1, 0.15) is 6.10 Å². The van der Waals surface area contributed by atoms with Crippen molar-refractivity contribution in [1.82, 2.24) is 9.97 Å². The summed E-state index contributed by atoms with van der Waals surface area (Å²) in [5, 5.41) is 10.7. The minimum atomic E-state index is -0.698. The number of aliphatic hydroxyl groups excluding tert-OH is 1. The number of methoxy groups -OCH3 is 1. The van der Waals surface area contributed by atoms with Crippen LogP contribution in [0.3, 0.4) is 0 Å². The van der Waals surface area contributed by atoms with Crippen molar-refractivity contribution in [3.05, 3.63) is 23.2 Å². The molecule has 1 aromatic rings. The summed E-state index contributed by atoms with van der Waals surface area (Å²) in [6.45, 7) is 0. The molecule has 1 fully saturated rings. The van der Waals surface area contributed by atoms with Crippen molar-refractivity contribution in [3.63, 3.8) is 0 Å². The van der Waals surface area contributed by atoms with E-state index in [1.165, 1.54) is 19.5 Å². The van der Waals surface area contributed by atoms with Gasteiger partial charge >= 0.3 is 5.97 Å². The van der Waals surface area contributed by atoms with Crippen molar-refractivity contribution in [2.75, 3.05) is 7.11 Å². The van der Waals surface area contributed by atoms with Gasteiger partial charge in [0, 0.05) is 12.4 Å². The Morgan fingerprint density at radius 3 is 2.47 bits per heavy atom. The molecule has 1 N–H and O–H groups in total. The van der Waals surface area contributed by atoms with Gasteiger partial charge in [-0.25, -0.2) is 9.97 Å².